The third-order valence-corrected chi connectivity index (χ3v) is 2.50. The third kappa shape index (κ3) is 2.96. The fourth-order valence-corrected chi connectivity index (χ4v) is 1.64. The van der Waals surface area contributed by atoms with Gasteiger partial charge in [0.25, 0.3) is 5.78 Å². The first-order valence-electron chi connectivity index (χ1n) is 4.51. The maximum Gasteiger partial charge on any atom is 0.455 e. The van der Waals surface area contributed by atoms with Crippen LogP contribution in [0.5, 0.6) is 5.75 Å². The number of alkyl halides is 3. The first kappa shape index (κ1) is 14.0. The largest absolute Gasteiger partial charge is 0.491 e. The zero-order valence-electron chi connectivity index (χ0n) is 8.57. The highest BCUT2D eigenvalue weighted by molar-refractivity contribution is 9.10. The van der Waals surface area contributed by atoms with E-state index in [0.717, 1.165) is 12.1 Å². The van der Waals surface area contributed by atoms with Crippen LogP contribution in [0, 0.1) is 5.82 Å². The number of ketones is 1. The molecule has 0 aliphatic carbocycles. The van der Waals surface area contributed by atoms with Crippen LogP contribution in [-0.2, 0) is 0 Å². The predicted molar refractivity (Wildman–Crippen MR) is 55.7 cm³/mol. The van der Waals surface area contributed by atoms with E-state index in [0.29, 0.717) is 0 Å². The zero-order chi connectivity index (χ0) is 13.2. The van der Waals surface area contributed by atoms with Crippen LogP contribution >= 0.6 is 15.9 Å². The van der Waals surface area contributed by atoms with Gasteiger partial charge in [-0.15, -0.1) is 0 Å². The lowest BCUT2D eigenvalue weighted by Gasteiger charge is -2.11. The smallest absolute Gasteiger partial charge is 0.455 e. The molecule has 0 aromatic heterocycles. The van der Waals surface area contributed by atoms with Gasteiger partial charge < -0.3 is 4.74 Å². The SMILES string of the molecule is CCOc1ccc(Br)c(C(=O)C(F)(F)F)c1F. The molecule has 7 heteroatoms. The minimum atomic E-state index is -5.13. The van der Waals surface area contributed by atoms with E-state index in [9.17, 15) is 22.4 Å². The van der Waals surface area contributed by atoms with Gasteiger partial charge in [0.05, 0.1) is 12.2 Å². The Balaban J connectivity index is 3.32. The fourth-order valence-electron chi connectivity index (χ4n) is 1.15. The second-order valence-electron chi connectivity index (χ2n) is 2.99. The molecule has 17 heavy (non-hydrogen) atoms. The van der Waals surface area contributed by atoms with Crippen molar-refractivity contribution >= 4 is 21.7 Å². The lowest BCUT2D eigenvalue weighted by Crippen LogP contribution is -2.24. The second kappa shape index (κ2) is 5.03. The highest BCUT2D eigenvalue weighted by Gasteiger charge is 2.42. The zero-order valence-corrected chi connectivity index (χ0v) is 10.2. The van der Waals surface area contributed by atoms with Crippen LogP contribution in [0.25, 0.3) is 0 Å². The predicted octanol–water partition coefficient (Wildman–Crippen LogP) is 3.73. The van der Waals surface area contributed by atoms with Gasteiger partial charge in [0, 0.05) is 4.47 Å². The van der Waals surface area contributed by atoms with Crippen molar-refractivity contribution in [1.29, 1.82) is 0 Å². The standard InChI is InChI=1S/C10H7BrF4O2/c1-2-17-6-4-3-5(11)7(8(6)12)9(16)10(13,14)15/h3-4H,2H2,1H3. The summed E-state index contributed by atoms with van der Waals surface area (Å²) in [7, 11) is 0. The van der Waals surface area contributed by atoms with Crippen LogP contribution in [0.2, 0.25) is 0 Å². The summed E-state index contributed by atoms with van der Waals surface area (Å²) in [6, 6.07) is 2.28. The number of hydrogen-bond donors (Lipinski definition) is 0. The molecule has 1 aromatic carbocycles. The molecule has 0 heterocycles. The van der Waals surface area contributed by atoms with Crippen LogP contribution in [0.15, 0.2) is 16.6 Å². The summed E-state index contributed by atoms with van der Waals surface area (Å²) in [6.45, 7) is 1.63. The molecule has 94 valence electrons. The Morgan fingerprint density at radius 3 is 2.47 bits per heavy atom. The highest BCUT2D eigenvalue weighted by atomic mass is 79.9. The van der Waals surface area contributed by atoms with Crippen LogP contribution in [0.1, 0.15) is 17.3 Å². The average molecular weight is 315 g/mol. The molecule has 0 spiro atoms. The molecule has 1 rings (SSSR count). The monoisotopic (exact) mass is 314 g/mol. The summed E-state index contributed by atoms with van der Waals surface area (Å²) in [5, 5.41) is 0. The summed E-state index contributed by atoms with van der Waals surface area (Å²) in [6.07, 6.45) is -5.13. The van der Waals surface area contributed by atoms with Crippen molar-refractivity contribution in [3.63, 3.8) is 0 Å². The number of carbonyl (C=O) groups excluding carboxylic acids is 1. The Hall–Kier alpha value is -1.11. The molecule has 1 aromatic rings. The van der Waals surface area contributed by atoms with Gasteiger partial charge in [-0.1, -0.05) is 0 Å². The first-order valence-corrected chi connectivity index (χ1v) is 5.30. The molecule has 0 N–H and O–H groups in total. The van der Waals surface area contributed by atoms with Crippen molar-refractivity contribution in [3.8, 4) is 5.75 Å². The van der Waals surface area contributed by atoms with Gasteiger partial charge in [-0.3, -0.25) is 4.79 Å². The molecular weight excluding hydrogens is 308 g/mol. The number of hydrogen-bond acceptors (Lipinski definition) is 2. The molecule has 0 saturated carbocycles. The van der Waals surface area contributed by atoms with Crippen LogP contribution in [-0.4, -0.2) is 18.6 Å². The number of carbonyl (C=O) groups is 1. The van der Waals surface area contributed by atoms with Gasteiger partial charge in [0.1, 0.15) is 0 Å². The average Bonchev–Trinajstić information content (AvgIpc) is 2.21. The molecule has 0 radical (unpaired) electrons. The van der Waals surface area contributed by atoms with E-state index < -0.39 is 23.3 Å². The molecule has 0 bridgehead atoms. The Morgan fingerprint density at radius 2 is 2.00 bits per heavy atom. The van der Waals surface area contributed by atoms with E-state index in [-0.39, 0.29) is 16.8 Å². The summed E-state index contributed by atoms with van der Waals surface area (Å²) >= 11 is 2.71. The maximum atomic E-state index is 13.6. The second-order valence-corrected chi connectivity index (χ2v) is 3.85. The van der Waals surface area contributed by atoms with E-state index in [4.69, 9.17) is 4.74 Å². The fraction of sp³-hybridized carbons (Fsp3) is 0.300. The number of benzene rings is 1. The van der Waals surface area contributed by atoms with Gasteiger partial charge in [0.2, 0.25) is 0 Å². The minimum Gasteiger partial charge on any atom is -0.491 e. The van der Waals surface area contributed by atoms with Gasteiger partial charge in [-0.2, -0.15) is 13.2 Å². The van der Waals surface area contributed by atoms with E-state index in [2.05, 4.69) is 15.9 Å². The van der Waals surface area contributed by atoms with Gasteiger partial charge in [0.15, 0.2) is 11.6 Å². The van der Waals surface area contributed by atoms with Crippen LogP contribution < -0.4 is 4.74 Å². The molecule has 0 aliphatic heterocycles. The summed E-state index contributed by atoms with van der Waals surface area (Å²) < 4.78 is 54.8. The summed E-state index contributed by atoms with van der Waals surface area (Å²) in [5.41, 5.74) is -1.07. The van der Waals surface area contributed by atoms with E-state index in [1.165, 1.54) is 0 Å². The number of Topliss-reactive ketones (excluding diaryl/α,β-unsaturated/α-hetero) is 1. The van der Waals surface area contributed by atoms with Crippen LogP contribution in [0.3, 0.4) is 0 Å². The molecule has 0 saturated heterocycles. The van der Waals surface area contributed by atoms with Gasteiger partial charge >= 0.3 is 6.18 Å². The topological polar surface area (TPSA) is 26.3 Å². The van der Waals surface area contributed by atoms with Gasteiger partial charge in [-0.25, -0.2) is 4.39 Å². The minimum absolute atomic E-state index is 0.0815. The summed E-state index contributed by atoms with van der Waals surface area (Å²) in [5.74, 6) is -3.95. The highest BCUT2D eigenvalue weighted by Crippen LogP contribution is 2.32. The quantitative estimate of drug-likeness (QED) is 0.627. The third-order valence-electron chi connectivity index (χ3n) is 1.84. The molecule has 2 nitrogen and oxygen atoms in total. The van der Waals surface area contributed by atoms with Crippen LogP contribution in [0.4, 0.5) is 17.6 Å². The Kier molecular flexibility index (Phi) is 4.13. The molecule has 0 aliphatic rings. The molecule has 0 atom stereocenters. The van der Waals surface area contributed by atoms with E-state index in [1.54, 1.807) is 6.92 Å². The van der Waals surface area contributed by atoms with Crippen molar-refractivity contribution in [3.05, 3.63) is 28.0 Å². The maximum absolute atomic E-state index is 13.6. The van der Waals surface area contributed by atoms with E-state index in [1.807, 2.05) is 0 Å². The first-order chi connectivity index (χ1) is 7.79. The Morgan fingerprint density at radius 1 is 1.41 bits per heavy atom. The lowest BCUT2D eigenvalue weighted by molar-refractivity contribution is -0.0888. The van der Waals surface area contributed by atoms with Crippen molar-refractivity contribution in [1.82, 2.24) is 0 Å². The normalized spacial score (nSPS) is 11.4. The molecule has 0 amide bonds. The van der Waals surface area contributed by atoms with Crippen molar-refractivity contribution in [2.45, 2.75) is 13.1 Å². The Bertz CT molecular complexity index is 443. The lowest BCUT2D eigenvalue weighted by atomic mass is 10.1. The number of ether oxygens (including phenoxy) is 1. The van der Waals surface area contributed by atoms with Crippen molar-refractivity contribution in [2.75, 3.05) is 6.61 Å². The number of halogens is 5. The number of rotatable bonds is 3. The van der Waals surface area contributed by atoms with Crippen molar-refractivity contribution in [2.24, 2.45) is 0 Å². The molecule has 0 unspecified atom stereocenters. The van der Waals surface area contributed by atoms with Crippen molar-refractivity contribution < 1.29 is 27.1 Å². The van der Waals surface area contributed by atoms with E-state index >= 15 is 0 Å². The van der Waals surface area contributed by atoms with Gasteiger partial charge in [-0.05, 0) is 35.0 Å². The Labute approximate surface area is 103 Å². The molecular formula is C10H7BrF4O2. The summed E-state index contributed by atoms with van der Waals surface area (Å²) in [4.78, 5) is 11.0. The molecule has 0 fully saturated rings.